The second-order valence-corrected chi connectivity index (χ2v) is 6.43. The zero-order valence-electron chi connectivity index (χ0n) is 13.0. The lowest BCUT2D eigenvalue weighted by atomic mass is 9.86. The minimum Gasteiger partial charge on any atom is -0.356 e. The number of hydrogen-bond acceptors (Lipinski definition) is 3. The molecular weight excluding hydrogens is 258 g/mol. The quantitative estimate of drug-likeness (QED) is 0.936. The van der Waals surface area contributed by atoms with Crippen molar-refractivity contribution in [3.8, 4) is 0 Å². The monoisotopic (exact) mass is 283 g/mol. The number of hydrogen-bond donors (Lipinski definition) is 1. The number of aromatic nitrogens is 1. The lowest BCUT2D eigenvalue weighted by molar-refractivity contribution is 0.311. The predicted molar refractivity (Wildman–Crippen MR) is 89.4 cm³/mol. The summed E-state index contributed by atoms with van der Waals surface area (Å²) in [5.74, 6) is 2.78. The van der Waals surface area contributed by atoms with Crippen LogP contribution in [-0.2, 0) is 6.54 Å². The standard InChI is InChI=1S/C18H25N3/c1-13(2)14-7-9-21(10-8-14)18-17-6-4-3-5-16(17)15(11-19)12-20-18/h3-6,12-14H,7-11,19H2,1-2H3. The van der Waals surface area contributed by atoms with E-state index in [1.807, 2.05) is 6.20 Å². The molecule has 0 atom stereocenters. The summed E-state index contributed by atoms with van der Waals surface area (Å²) in [5, 5.41) is 2.49. The van der Waals surface area contributed by atoms with Gasteiger partial charge in [0.25, 0.3) is 0 Å². The maximum Gasteiger partial charge on any atom is 0.136 e. The van der Waals surface area contributed by atoms with Gasteiger partial charge in [0.05, 0.1) is 0 Å². The Kier molecular flexibility index (Phi) is 4.11. The molecule has 1 aliphatic heterocycles. The Morgan fingerprint density at radius 1 is 1.19 bits per heavy atom. The molecule has 0 bridgehead atoms. The fraction of sp³-hybridized carbons (Fsp3) is 0.500. The molecule has 0 radical (unpaired) electrons. The first-order valence-corrected chi connectivity index (χ1v) is 8.02. The maximum absolute atomic E-state index is 5.84. The molecule has 3 heteroatoms. The van der Waals surface area contributed by atoms with Gasteiger partial charge >= 0.3 is 0 Å². The van der Waals surface area contributed by atoms with E-state index in [0.717, 1.165) is 36.3 Å². The summed E-state index contributed by atoms with van der Waals surface area (Å²) in [7, 11) is 0. The van der Waals surface area contributed by atoms with Crippen molar-refractivity contribution < 1.29 is 0 Å². The van der Waals surface area contributed by atoms with Gasteiger partial charge in [0.2, 0.25) is 0 Å². The van der Waals surface area contributed by atoms with Gasteiger partial charge in [0, 0.05) is 31.2 Å². The molecule has 112 valence electrons. The fourth-order valence-electron chi connectivity index (χ4n) is 3.43. The molecule has 0 spiro atoms. The summed E-state index contributed by atoms with van der Waals surface area (Å²) >= 11 is 0. The van der Waals surface area contributed by atoms with Crippen LogP contribution in [0.2, 0.25) is 0 Å². The third kappa shape index (κ3) is 2.75. The SMILES string of the molecule is CC(C)C1CCN(c2ncc(CN)c3ccccc23)CC1. The van der Waals surface area contributed by atoms with Crippen molar-refractivity contribution in [2.45, 2.75) is 33.2 Å². The molecule has 1 saturated heterocycles. The average Bonchev–Trinajstić information content (AvgIpc) is 2.54. The summed E-state index contributed by atoms with van der Waals surface area (Å²) in [6.45, 7) is 7.45. The smallest absolute Gasteiger partial charge is 0.136 e. The zero-order chi connectivity index (χ0) is 14.8. The molecule has 2 heterocycles. The van der Waals surface area contributed by atoms with Gasteiger partial charge in [-0.15, -0.1) is 0 Å². The molecule has 1 aliphatic rings. The maximum atomic E-state index is 5.84. The molecule has 0 amide bonds. The summed E-state index contributed by atoms with van der Waals surface area (Å²) < 4.78 is 0. The van der Waals surface area contributed by atoms with E-state index >= 15 is 0 Å². The zero-order valence-corrected chi connectivity index (χ0v) is 13.0. The normalized spacial score (nSPS) is 16.9. The van der Waals surface area contributed by atoms with Gasteiger partial charge in [-0.2, -0.15) is 0 Å². The van der Waals surface area contributed by atoms with Crippen LogP contribution in [0.15, 0.2) is 30.5 Å². The molecule has 21 heavy (non-hydrogen) atoms. The number of anilines is 1. The van der Waals surface area contributed by atoms with Crippen LogP contribution in [-0.4, -0.2) is 18.1 Å². The highest BCUT2D eigenvalue weighted by Gasteiger charge is 2.23. The van der Waals surface area contributed by atoms with Crippen molar-refractivity contribution in [3.63, 3.8) is 0 Å². The Hall–Kier alpha value is -1.61. The number of piperidine rings is 1. The number of pyridine rings is 1. The number of fused-ring (bicyclic) bond motifs is 1. The van der Waals surface area contributed by atoms with Crippen molar-refractivity contribution in [2.75, 3.05) is 18.0 Å². The van der Waals surface area contributed by atoms with E-state index in [9.17, 15) is 0 Å². The van der Waals surface area contributed by atoms with Gasteiger partial charge in [0.15, 0.2) is 0 Å². The Bertz CT molecular complexity index is 613. The highest BCUT2D eigenvalue weighted by molar-refractivity contribution is 5.94. The van der Waals surface area contributed by atoms with Crippen LogP contribution < -0.4 is 10.6 Å². The van der Waals surface area contributed by atoms with E-state index in [-0.39, 0.29) is 0 Å². The van der Waals surface area contributed by atoms with E-state index in [1.165, 1.54) is 23.6 Å². The third-order valence-corrected chi connectivity index (χ3v) is 4.86. The Morgan fingerprint density at radius 2 is 1.86 bits per heavy atom. The van der Waals surface area contributed by atoms with Crippen LogP contribution in [0, 0.1) is 11.8 Å². The molecule has 1 aromatic heterocycles. The van der Waals surface area contributed by atoms with Gasteiger partial charge in [-0.05, 0) is 35.6 Å². The number of rotatable bonds is 3. The Labute approximate surface area is 127 Å². The van der Waals surface area contributed by atoms with E-state index in [2.05, 4.69) is 43.0 Å². The molecular formula is C18H25N3. The van der Waals surface area contributed by atoms with Crippen molar-refractivity contribution >= 4 is 16.6 Å². The fourth-order valence-corrected chi connectivity index (χ4v) is 3.43. The van der Waals surface area contributed by atoms with Gasteiger partial charge in [0.1, 0.15) is 5.82 Å². The summed E-state index contributed by atoms with van der Waals surface area (Å²) in [6, 6.07) is 8.50. The molecule has 3 nitrogen and oxygen atoms in total. The summed E-state index contributed by atoms with van der Waals surface area (Å²) in [6.07, 6.45) is 4.49. The highest BCUT2D eigenvalue weighted by Crippen LogP contribution is 2.31. The van der Waals surface area contributed by atoms with Gasteiger partial charge in [-0.25, -0.2) is 4.98 Å². The third-order valence-electron chi connectivity index (χ3n) is 4.86. The minimum absolute atomic E-state index is 0.545. The van der Waals surface area contributed by atoms with Crippen LogP contribution in [0.3, 0.4) is 0 Å². The molecule has 0 aliphatic carbocycles. The number of benzene rings is 1. The van der Waals surface area contributed by atoms with Crippen molar-refractivity contribution in [1.29, 1.82) is 0 Å². The number of nitrogens with two attached hydrogens (primary N) is 1. The Morgan fingerprint density at radius 3 is 2.48 bits per heavy atom. The van der Waals surface area contributed by atoms with Crippen molar-refractivity contribution in [2.24, 2.45) is 17.6 Å². The highest BCUT2D eigenvalue weighted by atomic mass is 15.2. The predicted octanol–water partition coefficient (Wildman–Crippen LogP) is 3.57. The summed E-state index contributed by atoms with van der Waals surface area (Å²) in [4.78, 5) is 7.16. The second-order valence-electron chi connectivity index (χ2n) is 6.43. The molecule has 3 rings (SSSR count). The number of nitrogens with zero attached hydrogens (tertiary/aromatic N) is 2. The first kappa shape index (κ1) is 14.3. The van der Waals surface area contributed by atoms with Gasteiger partial charge in [-0.3, -0.25) is 0 Å². The molecule has 1 aromatic carbocycles. The van der Waals surface area contributed by atoms with Gasteiger partial charge < -0.3 is 10.6 Å². The molecule has 1 fully saturated rings. The van der Waals surface area contributed by atoms with Crippen LogP contribution >= 0.6 is 0 Å². The average molecular weight is 283 g/mol. The first-order chi connectivity index (χ1) is 10.2. The molecule has 2 aromatic rings. The van der Waals surface area contributed by atoms with E-state index < -0.39 is 0 Å². The van der Waals surface area contributed by atoms with Crippen molar-refractivity contribution in [1.82, 2.24) is 4.98 Å². The van der Waals surface area contributed by atoms with Gasteiger partial charge in [-0.1, -0.05) is 38.1 Å². The lowest BCUT2D eigenvalue weighted by Gasteiger charge is -2.35. The van der Waals surface area contributed by atoms with Crippen LogP contribution in [0.4, 0.5) is 5.82 Å². The molecule has 0 unspecified atom stereocenters. The van der Waals surface area contributed by atoms with E-state index in [4.69, 9.17) is 10.7 Å². The summed E-state index contributed by atoms with van der Waals surface area (Å²) in [5.41, 5.74) is 6.97. The molecule has 2 N–H and O–H groups in total. The largest absolute Gasteiger partial charge is 0.356 e. The minimum atomic E-state index is 0.545. The second kappa shape index (κ2) is 6.02. The van der Waals surface area contributed by atoms with E-state index in [0.29, 0.717) is 6.54 Å². The molecule has 0 saturated carbocycles. The van der Waals surface area contributed by atoms with Crippen LogP contribution in [0.5, 0.6) is 0 Å². The lowest BCUT2D eigenvalue weighted by Crippen LogP contribution is -2.35. The topological polar surface area (TPSA) is 42.2 Å². The van der Waals surface area contributed by atoms with Crippen LogP contribution in [0.25, 0.3) is 10.8 Å². The Balaban J connectivity index is 1.92. The van der Waals surface area contributed by atoms with Crippen molar-refractivity contribution in [3.05, 3.63) is 36.0 Å². The first-order valence-electron chi connectivity index (χ1n) is 8.02. The van der Waals surface area contributed by atoms with E-state index in [1.54, 1.807) is 0 Å². The van der Waals surface area contributed by atoms with Crippen LogP contribution in [0.1, 0.15) is 32.3 Å².